The summed E-state index contributed by atoms with van der Waals surface area (Å²) in [7, 11) is 0. The third kappa shape index (κ3) is 29.6. The van der Waals surface area contributed by atoms with Gasteiger partial charge in [0, 0.05) is 38.9 Å². The van der Waals surface area contributed by atoms with E-state index >= 15 is 0 Å². The van der Waals surface area contributed by atoms with Crippen molar-refractivity contribution in [3.05, 3.63) is 29.8 Å². The SMILES string of the molecule is CC(C)CC(NC(=O)C(Cc1ccc(O)cc1)NC(=O)C(CCCCN)NC(=O)C(CO)NC(=O)C(CCCN=C(N)N)NC(=O)C(CCC(N)=O)NC(=O)C(CO)NC(=O)C1CCCN1C(=O)C(CCCN=C(N)N)NC(=O)C(CCCCN)NC(=O)C1CCC(=O)N1)C(=O)O. The molecule has 11 atom stereocenters. The molecule has 0 aromatic heterocycles. The lowest BCUT2D eigenvalue weighted by Crippen LogP contribution is -2.61. The molecule has 12 amide bonds. The number of guanidine groups is 2. The number of aromatic hydroxyl groups is 1. The molecular weight excluding hydrogens is 1270 g/mol. The van der Waals surface area contributed by atoms with E-state index in [-0.39, 0.29) is 146 Å². The number of aliphatic imine (C=N–C) groups is 2. The molecule has 0 saturated carbocycles. The van der Waals surface area contributed by atoms with Gasteiger partial charge in [-0.2, -0.15) is 0 Å². The number of carboxylic acid groups (broad SMARTS) is 1. The minimum absolute atomic E-state index is 0.0125. The van der Waals surface area contributed by atoms with Crippen molar-refractivity contribution in [1.29, 1.82) is 0 Å². The third-order valence-electron chi connectivity index (χ3n) is 15.7. The first-order valence-electron chi connectivity index (χ1n) is 32.4. The van der Waals surface area contributed by atoms with Crippen LogP contribution in [0.3, 0.4) is 0 Å². The van der Waals surface area contributed by atoms with Gasteiger partial charge in [-0.1, -0.05) is 26.0 Å². The number of primary amides is 1. The van der Waals surface area contributed by atoms with Crippen LogP contribution in [-0.4, -0.2) is 226 Å². The van der Waals surface area contributed by atoms with Gasteiger partial charge in [0.25, 0.3) is 0 Å². The normalized spacial score (nSPS) is 16.9. The minimum Gasteiger partial charge on any atom is -0.508 e. The lowest BCUT2D eigenvalue weighted by molar-refractivity contribution is -0.143. The molecule has 3 rings (SSSR count). The number of phenols is 1. The summed E-state index contributed by atoms with van der Waals surface area (Å²) in [5, 5.41) is 65.8. The minimum atomic E-state index is -1.85. The van der Waals surface area contributed by atoms with Gasteiger partial charge in [-0.25, -0.2) is 4.79 Å². The second-order valence-electron chi connectivity index (χ2n) is 24.1. The summed E-state index contributed by atoms with van der Waals surface area (Å²) in [5.41, 5.74) is 39.4. The van der Waals surface area contributed by atoms with E-state index in [9.17, 15) is 82.8 Å². The summed E-state index contributed by atoms with van der Waals surface area (Å²) in [6, 6.07) is -10.4. The average molecular weight is 1370 g/mol. The number of nitrogens with zero attached hydrogens (tertiary/aromatic N) is 3. The van der Waals surface area contributed by atoms with Gasteiger partial charge in [0.15, 0.2) is 11.9 Å². The smallest absolute Gasteiger partial charge is 0.326 e. The number of hydrogen-bond acceptors (Lipinski definition) is 20. The monoisotopic (exact) mass is 1370 g/mol. The predicted octanol–water partition coefficient (Wildman–Crippen LogP) is -7.69. The van der Waals surface area contributed by atoms with Gasteiger partial charge in [0.05, 0.1) is 13.2 Å². The van der Waals surface area contributed by atoms with Crippen LogP contribution in [0.1, 0.15) is 129 Å². The Morgan fingerprint density at radius 1 is 0.546 bits per heavy atom. The first-order valence-corrected chi connectivity index (χ1v) is 32.4. The fourth-order valence-electron chi connectivity index (χ4n) is 10.5. The molecule has 0 radical (unpaired) electrons. The number of rotatable bonds is 45. The highest BCUT2D eigenvalue weighted by Gasteiger charge is 2.41. The zero-order valence-electron chi connectivity index (χ0n) is 54.9. The van der Waals surface area contributed by atoms with Crippen LogP contribution in [0.25, 0.3) is 0 Å². The molecule has 2 fully saturated rings. The molecule has 1 aromatic carbocycles. The highest BCUT2D eigenvalue weighted by atomic mass is 16.4. The van der Waals surface area contributed by atoms with E-state index in [0.29, 0.717) is 24.8 Å². The Balaban J connectivity index is 1.88. The number of phenolic OH excluding ortho intramolecular Hbond substituents is 1. The maximum absolute atomic E-state index is 14.5. The van der Waals surface area contributed by atoms with Crippen LogP contribution in [-0.2, 0) is 68.7 Å². The summed E-state index contributed by atoms with van der Waals surface area (Å²) in [5.74, 6) is -12.9. The molecule has 1 aromatic rings. The number of aliphatic carboxylic acids is 1. The van der Waals surface area contributed by atoms with Crippen molar-refractivity contribution in [2.75, 3.05) is 45.9 Å². The van der Waals surface area contributed by atoms with E-state index in [0.717, 1.165) is 0 Å². The number of aliphatic hydroxyl groups excluding tert-OH is 2. The van der Waals surface area contributed by atoms with Gasteiger partial charge in [-0.05, 0) is 133 Å². The number of benzene rings is 1. The summed E-state index contributed by atoms with van der Waals surface area (Å²) >= 11 is 0. The Hall–Kier alpha value is -9.49. The van der Waals surface area contributed by atoms with Crippen LogP contribution >= 0.6 is 0 Å². The van der Waals surface area contributed by atoms with E-state index < -0.39 is 163 Å². The molecule has 97 heavy (non-hydrogen) atoms. The second-order valence-corrected chi connectivity index (χ2v) is 24.1. The third-order valence-corrected chi connectivity index (χ3v) is 15.7. The largest absolute Gasteiger partial charge is 0.508 e. The molecule has 542 valence electrons. The fraction of sp³-hybridized carbons (Fsp3) is 0.650. The van der Waals surface area contributed by atoms with Gasteiger partial charge >= 0.3 is 5.97 Å². The maximum Gasteiger partial charge on any atom is 0.326 e. The van der Waals surface area contributed by atoms with Crippen molar-refractivity contribution >= 4 is 88.8 Å². The molecule has 0 aliphatic carbocycles. The van der Waals surface area contributed by atoms with Crippen molar-refractivity contribution < 1.29 is 82.8 Å². The number of carbonyl (C=O) groups excluding carboxylic acids is 12. The molecular formula is C60H100N20O17. The Bertz CT molecular complexity index is 2890. The highest BCUT2D eigenvalue weighted by molar-refractivity contribution is 6.00. The Morgan fingerprint density at radius 2 is 0.969 bits per heavy atom. The van der Waals surface area contributed by atoms with Crippen LogP contribution in [0.4, 0.5) is 0 Å². The zero-order valence-corrected chi connectivity index (χ0v) is 54.9. The van der Waals surface area contributed by atoms with Crippen LogP contribution in [0.2, 0.25) is 0 Å². The Kier molecular flexibility index (Phi) is 36.1. The summed E-state index contributed by atoms with van der Waals surface area (Å²) in [4.78, 5) is 186. The number of carbonyl (C=O) groups is 13. The van der Waals surface area contributed by atoms with E-state index in [1.165, 1.54) is 29.2 Å². The van der Waals surface area contributed by atoms with Crippen molar-refractivity contribution in [2.24, 2.45) is 56.0 Å². The molecule has 2 saturated heterocycles. The first-order chi connectivity index (χ1) is 46.0. The molecule has 0 bridgehead atoms. The predicted molar refractivity (Wildman–Crippen MR) is 350 cm³/mol. The maximum atomic E-state index is 14.5. The Morgan fingerprint density at radius 3 is 1.43 bits per heavy atom. The van der Waals surface area contributed by atoms with E-state index in [2.05, 4.69) is 63.2 Å². The Labute approximate surface area is 561 Å². The fourth-order valence-corrected chi connectivity index (χ4v) is 10.5. The van der Waals surface area contributed by atoms with E-state index in [4.69, 9.17) is 40.1 Å². The number of amides is 12. The van der Waals surface area contributed by atoms with Crippen LogP contribution in [0.5, 0.6) is 5.75 Å². The molecule has 2 aliphatic heterocycles. The molecule has 2 heterocycles. The summed E-state index contributed by atoms with van der Waals surface area (Å²) < 4.78 is 0. The van der Waals surface area contributed by atoms with Gasteiger partial charge in [0.2, 0.25) is 70.9 Å². The average Bonchev–Trinajstić information content (AvgIpc) is 1.78. The molecule has 37 heteroatoms. The van der Waals surface area contributed by atoms with Crippen molar-refractivity contribution in [3.8, 4) is 5.75 Å². The number of aliphatic hydroxyl groups is 2. The number of nitrogens with two attached hydrogens (primary N) is 7. The van der Waals surface area contributed by atoms with Crippen LogP contribution in [0, 0.1) is 5.92 Å². The quantitative estimate of drug-likeness (QED) is 0.0164. The second kappa shape index (κ2) is 42.8. The summed E-state index contributed by atoms with van der Waals surface area (Å²) in [6.07, 6.45) is 0.618. The number of nitrogens with one attached hydrogen (secondary N) is 10. The molecule has 2 aliphatic rings. The number of carboxylic acids is 1. The number of hydrogen-bond donors (Lipinski definition) is 21. The van der Waals surface area contributed by atoms with Crippen LogP contribution < -0.4 is 93.3 Å². The van der Waals surface area contributed by atoms with E-state index in [1.807, 2.05) is 0 Å². The van der Waals surface area contributed by atoms with Gasteiger partial charge in [0.1, 0.15) is 72.2 Å². The molecule has 28 N–H and O–H groups in total. The van der Waals surface area contributed by atoms with Gasteiger partial charge in [-0.15, -0.1) is 0 Å². The number of unbranched alkanes of at least 4 members (excludes halogenated alkanes) is 2. The zero-order chi connectivity index (χ0) is 72.3. The van der Waals surface area contributed by atoms with Crippen molar-refractivity contribution in [1.82, 2.24) is 58.1 Å². The molecule has 37 nitrogen and oxygen atoms in total. The van der Waals surface area contributed by atoms with Gasteiger partial charge in [-0.3, -0.25) is 67.5 Å². The van der Waals surface area contributed by atoms with Crippen LogP contribution in [0.15, 0.2) is 34.3 Å². The topological polar surface area (TPSA) is 633 Å². The standard InChI is InChI=1S/C60H100N20O17/c1-32(2)28-42(58(96)97)77-53(91)41(29-33-15-17-34(83)18-16-33)76-49(87)36(11-4-6-24-62)73-54(92)43(30-81)78-50(88)37(12-7-25-68-59(64)65)72-52(90)39(19-21-46(63)84)74-55(93)44(31-82)79-56(94)45-14-9-27-80(45)57(95)40(13-8-26-69-60(66)67)75-48(86)35(10-3-5-23-61)71-51(89)38-20-22-47(85)70-38/h15-18,32,35-45,81-83H,3-14,19-31,61-62H2,1-2H3,(H2,63,84)(H,70,85)(H,71,89)(H,72,90)(H,73,92)(H,74,93)(H,75,86)(H,76,87)(H,77,91)(H,78,88)(H,79,94)(H,96,97)(H4,64,65,68)(H4,66,67,69). The number of likely N-dealkylation sites (tertiary alicyclic amines) is 1. The van der Waals surface area contributed by atoms with Crippen molar-refractivity contribution in [3.63, 3.8) is 0 Å². The highest BCUT2D eigenvalue weighted by Crippen LogP contribution is 2.21. The van der Waals surface area contributed by atoms with Crippen molar-refractivity contribution in [2.45, 2.75) is 196 Å². The van der Waals surface area contributed by atoms with Gasteiger partial charge < -0.3 is 119 Å². The molecule has 0 spiro atoms. The summed E-state index contributed by atoms with van der Waals surface area (Å²) in [6.45, 7) is 1.67. The lowest BCUT2D eigenvalue weighted by atomic mass is 10.0. The molecule has 11 unspecified atom stereocenters. The van der Waals surface area contributed by atoms with E-state index in [1.54, 1.807) is 13.8 Å². The lowest BCUT2D eigenvalue weighted by Gasteiger charge is -2.31. The first kappa shape index (κ1) is 81.7.